The lowest BCUT2D eigenvalue weighted by Crippen LogP contribution is -2.56. The van der Waals surface area contributed by atoms with Gasteiger partial charge in [0.05, 0.1) is 0 Å². The molecule has 126 valence electrons. The van der Waals surface area contributed by atoms with E-state index in [0.29, 0.717) is 24.0 Å². The molecule has 23 heavy (non-hydrogen) atoms. The van der Waals surface area contributed by atoms with Gasteiger partial charge in [0.2, 0.25) is 0 Å². The standard InChI is InChI=1S/C21H30O2/c1-13(22)16-9-10-17-15-8-7-14-6-4-5-11-20(14,2)19(15)18(23)12-21(16,17)3/h9,14-15,17,19H,4-8,10-12H2,1-3H3/t14?,15-,17-,19+,20-,21+/m0/s1. The molecular weight excluding hydrogens is 284 g/mol. The van der Waals surface area contributed by atoms with Gasteiger partial charge in [-0.3, -0.25) is 9.59 Å². The molecule has 0 aliphatic heterocycles. The van der Waals surface area contributed by atoms with Crippen LogP contribution in [0.25, 0.3) is 0 Å². The van der Waals surface area contributed by atoms with E-state index in [0.717, 1.165) is 17.9 Å². The van der Waals surface area contributed by atoms with Gasteiger partial charge in [0, 0.05) is 17.8 Å². The third kappa shape index (κ3) is 1.99. The van der Waals surface area contributed by atoms with Crippen LogP contribution in [0, 0.1) is 34.5 Å². The van der Waals surface area contributed by atoms with E-state index in [-0.39, 0.29) is 22.5 Å². The zero-order chi connectivity index (χ0) is 16.4. The molecule has 0 N–H and O–H groups in total. The normalized spacial score (nSPS) is 49.0. The lowest BCUT2D eigenvalue weighted by atomic mass is 9.44. The van der Waals surface area contributed by atoms with Crippen LogP contribution >= 0.6 is 0 Å². The van der Waals surface area contributed by atoms with Crippen LogP contribution in [0.5, 0.6) is 0 Å². The second-order valence-corrected chi connectivity index (χ2v) is 9.24. The van der Waals surface area contributed by atoms with Gasteiger partial charge in [0.15, 0.2) is 5.78 Å². The van der Waals surface area contributed by atoms with Crippen molar-refractivity contribution in [1.82, 2.24) is 0 Å². The van der Waals surface area contributed by atoms with E-state index in [1.165, 1.54) is 38.5 Å². The van der Waals surface area contributed by atoms with E-state index in [4.69, 9.17) is 0 Å². The van der Waals surface area contributed by atoms with E-state index in [1.807, 2.05) is 0 Å². The molecule has 6 atom stereocenters. The SMILES string of the molecule is CC(=O)C1=CC[C@H]2[C@@H]3CCC4CCCC[C@]4(C)[C@H]3C(=O)C[C@]12C. The predicted octanol–water partition coefficient (Wildman–Crippen LogP) is 4.72. The molecule has 2 nitrogen and oxygen atoms in total. The largest absolute Gasteiger partial charge is 0.299 e. The van der Waals surface area contributed by atoms with E-state index in [1.54, 1.807) is 6.92 Å². The summed E-state index contributed by atoms with van der Waals surface area (Å²) in [5.41, 5.74) is 1.01. The molecular formula is C21H30O2. The molecule has 0 radical (unpaired) electrons. The number of hydrogen-bond acceptors (Lipinski definition) is 2. The highest BCUT2D eigenvalue weighted by atomic mass is 16.1. The number of Topliss-reactive ketones (excluding diaryl/α,β-unsaturated/α-hetero) is 2. The van der Waals surface area contributed by atoms with Crippen LogP contribution in [-0.2, 0) is 9.59 Å². The summed E-state index contributed by atoms with van der Waals surface area (Å²) in [4.78, 5) is 25.4. The molecule has 0 aromatic rings. The number of carbonyl (C=O) groups excluding carboxylic acids is 2. The van der Waals surface area contributed by atoms with Gasteiger partial charge in [-0.2, -0.15) is 0 Å². The molecule has 0 aromatic heterocycles. The lowest BCUT2D eigenvalue weighted by Gasteiger charge is -2.59. The summed E-state index contributed by atoms with van der Waals surface area (Å²) in [6.45, 7) is 6.29. The van der Waals surface area contributed by atoms with Gasteiger partial charge in [-0.1, -0.05) is 32.8 Å². The molecule has 4 aliphatic rings. The second kappa shape index (κ2) is 5.04. The number of allylic oxidation sites excluding steroid dienone is 2. The van der Waals surface area contributed by atoms with Gasteiger partial charge in [-0.15, -0.1) is 0 Å². The number of fused-ring (bicyclic) bond motifs is 5. The van der Waals surface area contributed by atoms with Gasteiger partial charge in [-0.25, -0.2) is 0 Å². The highest BCUT2D eigenvalue weighted by Crippen LogP contribution is 2.65. The number of carbonyl (C=O) groups is 2. The Morgan fingerprint density at radius 1 is 1.17 bits per heavy atom. The van der Waals surface area contributed by atoms with Crippen molar-refractivity contribution < 1.29 is 9.59 Å². The molecule has 0 aromatic carbocycles. The number of ketones is 2. The van der Waals surface area contributed by atoms with Gasteiger partial charge in [0.1, 0.15) is 5.78 Å². The van der Waals surface area contributed by atoms with Crippen molar-refractivity contribution >= 4 is 11.6 Å². The fourth-order valence-electron chi connectivity index (χ4n) is 7.23. The first kappa shape index (κ1) is 15.6. The number of hydrogen-bond donors (Lipinski definition) is 0. The van der Waals surface area contributed by atoms with Crippen molar-refractivity contribution in [2.45, 2.75) is 72.1 Å². The summed E-state index contributed by atoms with van der Waals surface area (Å²) in [6.07, 6.45) is 11.5. The average Bonchev–Trinajstić information content (AvgIpc) is 2.82. The maximum absolute atomic E-state index is 13.3. The first-order valence-corrected chi connectivity index (χ1v) is 9.62. The summed E-state index contributed by atoms with van der Waals surface area (Å²) >= 11 is 0. The van der Waals surface area contributed by atoms with Crippen molar-refractivity contribution in [3.05, 3.63) is 11.6 Å². The van der Waals surface area contributed by atoms with E-state index < -0.39 is 0 Å². The van der Waals surface area contributed by atoms with Crippen molar-refractivity contribution in [1.29, 1.82) is 0 Å². The molecule has 4 aliphatic carbocycles. The van der Waals surface area contributed by atoms with Crippen LogP contribution in [0.2, 0.25) is 0 Å². The fraction of sp³-hybridized carbons (Fsp3) is 0.810. The molecule has 1 unspecified atom stereocenters. The molecule has 2 heteroatoms. The summed E-state index contributed by atoms with van der Waals surface area (Å²) < 4.78 is 0. The highest BCUT2D eigenvalue weighted by molar-refractivity contribution is 5.97. The third-order valence-electron chi connectivity index (χ3n) is 8.23. The zero-order valence-corrected chi connectivity index (χ0v) is 14.9. The lowest BCUT2D eigenvalue weighted by molar-refractivity contribution is -0.154. The smallest absolute Gasteiger partial charge is 0.156 e. The Morgan fingerprint density at radius 2 is 1.96 bits per heavy atom. The first-order valence-electron chi connectivity index (χ1n) is 9.62. The molecule has 0 amide bonds. The zero-order valence-electron chi connectivity index (χ0n) is 14.9. The first-order chi connectivity index (χ1) is 10.9. The molecule has 4 rings (SSSR count). The topological polar surface area (TPSA) is 34.1 Å². The third-order valence-corrected chi connectivity index (χ3v) is 8.23. The Hall–Kier alpha value is -0.920. The minimum atomic E-state index is -0.179. The van der Waals surface area contributed by atoms with Gasteiger partial charge < -0.3 is 0 Å². The van der Waals surface area contributed by atoms with Crippen LogP contribution in [0.4, 0.5) is 0 Å². The van der Waals surface area contributed by atoms with Crippen molar-refractivity contribution in [3.63, 3.8) is 0 Å². The van der Waals surface area contributed by atoms with E-state index >= 15 is 0 Å². The van der Waals surface area contributed by atoms with Gasteiger partial charge >= 0.3 is 0 Å². The molecule has 0 bridgehead atoms. The summed E-state index contributed by atoms with van der Waals surface area (Å²) in [7, 11) is 0. The van der Waals surface area contributed by atoms with Gasteiger partial charge in [0.25, 0.3) is 0 Å². The summed E-state index contributed by atoms with van der Waals surface area (Å²) in [5.74, 6) is 2.69. The Kier molecular flexibility index (Phi) is 3.42. The van der Waals surface area contributed by atoms with Crippen molar-refractivity contribution in [2.24, 2.45) is 34.5 Å². The Bertz CT molecular complexity index is 589. The van der Waals surface area contributed by atoms with E-state index in [9.17, 15) is 9.59 Å². The monoisotopic (exact) mass is 314 g/mol. The maximum atomic E-state index is 13.3. The van der Waals surface area contributed by atoms with E-state index in [2.05, 4.69) is 19.9 Å². The van der Waals surface area contributed by atoms with Crippen LogP contribution in [0.1, 0.15) is 72.1 Å². The fourth-order valence-corrected chi connectivity index (χ4v) is 7.23. The Morgan fingerprint density at radius 3 is 2.70 bits per heavy atom. The predicted molar refractivity (Wildman–Crippen MR) is 90.9 cm³/mol. The number of rotatable bonds is 1. The average molecular weight is 314 g/mol. The minimum absolute atomic E-state index is 0.179. The maximum Gasteiger partial charge on any atom is 0.156 e. The minimum Gasteiger partial charge on any atom is -0.299 e. The summed E-state index contributed by atoms with van der Waals surface area (Å²) in [5, 5.41) is 0. The second-order valence-electron chi connectivity index (χ2n) is 9.24. The van der Waals surface area contributed by atoms with Crippen LogP contribution < -0.4 is 0 Å². The highest BCUT2D eigenvalue weighted by Gasteiger charge is 2.61. The van der Waals surface area contributed by atoms with Crippen LogP contribution in [0.15, 0.2) is 11.6 Å². The molecule has 0 heterocycles. The van der Waals surface area contributed by atoms with Crippen molar-refractivity contribution in [2.75, 3.05) is 0 Å². The molecule has 0 saturated heterocycles. The Balaban J connectivity index is 1.71. The van der Waals surface area contributed by atoms with Crippen molar-refractivity contribution in [3.8, 4) is 0 Å². The molecule has 0 spiro atoms. The van der Waals surface area contributed by atoms with Gasteiger partial charge in [-0.05, 0) is 67.8 Å². The molecule has 3 fully saturated rings. The van der Waals surface area contributed by atoms with Crippen LogP contribution in [0.3, 0.4) is 0 Å². The molecule has 3 saturated carbocycles. The van der Waals surface area contributed by atoms with Crippen LogP contribution in [-0.4, -0.2) is 11.6 Å². The quantitative estimate of drug-likeness (QED) is 0.701. The summed E-state index contributed by atoms with van der Waals surface area (Å²) in [6, 6.07) is 0. The Labute approximate surface area is 140 Å².